The Labute approximate surface area is 68.1 Å². The van der Waals surface area contributed by atoms with E-state index in [1.54, 1.807) is 6.92 Å². The molecule has 0 fully saturated rings. The monoisotopic (exact) mass is 156 g/mol. The first kappa shape index (κ1) is 10.2. The number of nitrogens with zero attached hydrogens (tertiary/aromatic N) is 1. The van der Waals surface area contributed by atoms with Crippen LogP contribution in [-0.2, 0) is 4.79 Å². The Morgan fingerprint density at radius 3 is 2.45 bits per heavy atom. The summed E-state index contributed by atoms with van der Waals surface area (Å²) in [6.45, 7) is 6.77. The van der Waals surface area contributed by atoms with Gasteiger partial charge in [-0.1, -0.05) is 6.58 Å². The molecule has 3 heteroatoms. The van der Waals surface area contributed by atoms with Gasteiger partial charge in [0.1, 0.15) is 0 Å². The minimum absolute atomic E-state index is 0.0631. The first-order valence-corrected chi connectivity index (χ1v) is 3.62. The molecule has 0 aromatic carbocycles. The predicted octanol–water partition coefficient (Wildman–Crippen LogP) is 0.240. The molecule has 0 aromatic rings. The molecule has 0 heterocycles. The largest absolute Gasteiger partial charge is 0.351 e. The zero-order valence-corrected chi connectivity index (χ0v) is 7.48. The molecule has 0 aliphatic rings. The SMILES string of the molecule is C=C(C)C(=O)NCCN(C)C. The van der Waals surface area contributed by atoms with Crippen LogP contribution >= 0.6 is 0 Å². The quantitative estimate of drug-likeness (QED) is 0.591. The molecule has 0 radical (unpaired) electrons. The van der Waals surface area contributed by atoms with E-state index in [-0.39, 0.29) is 5.91 Å². The molecule has 0 aromatic heterocycles. The normalized spacial score (nSPS) is 9.82. The Balaban J connectivity index is 3.40. The van der Waals surface area contributed by atoms with Crippen molar-refractivity contribution in [1.29, 1.82) is 0 Å². The highest BCUT2D eigenvalue weighted by atomic mass is 16.1. The zero-order valence-electron chi connectivity index (χ0n) is 7.48. The van der Waals surface area contributed by atoms with E-state index in [2.05, 4.69) is 11.9 Å². The topological polar surface area (TPSA) is 32.3 Å². The number of amides is 1. The van der Waals surface area contributed by atoms with Crippen LogP contribution in [0.1, 0.15) is 6.92 Å². The Kier molecular flexibility index (Phi) is 4.54. The molecule has 64 valence electrons. The second-order valence-electron chi connectivity index (χ2n) is 2.84. The fraction of sp³-hybridized carbons (Fsp3) is 0.625. The van der Waals surface area contributed by atoms with Crippen molar-refractivity contribution in [2.45, 2.75) is 6.92 Å². The minimum Gasteiger partial charge on any atom is -0.351 e. The van der Waals surface area contributed by atoms with Crippen molar-refractivity contribution in [3.05, 3.63) is 12.2 Å². The highest BCUT2D eigenvalue weighted by Gasteiger charge is 1.99. The van der Waals surface area contributed by atoms with Crippen LogP contribution in [0.25, 0.3) is 0 Å². The summed E-state index contributed by atoms with van der Waals surface area (Å²) in [5.41, 5.74) is 0.559. The first-order valence-electron chi connectivity index (χ1n) is 3.62. The molecule has 0 aliphatic carbocycles. The highest BCUT2D eigenvalue weighted by molar-refractivity contribution is 5.92. The molecular weight excluding hydrogens is 140 g/mol. The van der Waals surface area contributed by atoms with Crippen LogP contribution in [0.3, 0.4) is 0 Å². The summed E-state index contributed by atoms with van der Waals surface area (Å²) in [4.78, 5) is 12.9. The van der Waals surface area contributed by atoms with Crippen LogP contribution < -0.4 is 5.32 Å². The third kappa shape index (κ3) is 5.61. The molecule has 0 saturated carbocycles. The number of carbonyl (C=O) groups excluding carboxylic acids is 1. The van der Waals surface area contributed by atoms with Gasteiger partial charge in [0.25, 0.3) is 0 Å². The Bertz CT molecular complexity index is 152. The Morgan fingerprint density at radius 2 is 2.09 bits per heavy atom. The van der Waals surface area contributed by atoms with Crippen LogP contribution in [0.2, 0.25) is 0 Å². The summed E-state index contributed by atoms with van der Waals surface area (Å²) in [5, 5.41) is 2.73. The first-order chi connectivity index (χ1) is 5.04. The van der Waals surface area contributed by atoms with Gasteiger partial charge in [-0.2, -0.15) is 0 Å². The van der Waals surface area contributed by atoms with Gasteiger partial charge in [0.05, 0.1) is 0 Å². The molecule has 0 rings (SSSR count). The summed E-state index contributed by atoms with van der Waals surface area (Å²) >= 11 is 0. The molecule has 1 N–H and O–H groups in total. The van der Waals surface area contributed by atoms with Gasteiger partial charge in [-0.05, 0) is 21.0 Å². The summed E-state index contributed by atoms with van der Waals surface area (Å²) in [6.07, 6.45) is 0. The number of carbonyl (C=O) groups is 1. The zero-order chi connectivity index (χ0) is 8.85. The third-order valence-corrected chi connectivity index (χ3v) is 1.23. The average Bonchev–Trinajstić information content (AvgIpc) is 1.86. The molecular formula is C8H16N2O. The van der Waals surface area contributed by atoms with E-state index in [9.17, 15) is 4.79 Å². The van der Waals surface area contributed by atoms with E-state index < -0.39 is 0 Å². The summed E-state index contributed by atoms with van der Waals surface area (Å²) in [5.74, 6) is -0.0631. The van der Waals surface area contributed by atoms with Gasteiger partial charge >= 0.3 is 0 Å². The van der Waals surface area contributed by atoms with Gasteiger partial charge in [-0.3, -0.25) is 4.79 Å². The molecule has 0 unspecified atom stereocenters. The predicted molar refractivity (Wildman–Crippen MR) is 46.4 cm³/mol. The molecule has 11 heavy (non-hydrogen) atoms. The fourth-order valence-corrected chi connectivity index (χ4v) is 0.544. The highest BCUT2D eigenvalue weighted by Crippen LogP contribution is 1.84. The number of nitrogens with one attached hydrogen (secondary N) is 1. The maximum Gasteiger partial charge on any atom is 0.246 e. The summed E-state index contributed by atoms with van der Waals surface area (Å²) in [7, 11) is 3.93. The van der Waals surface area contributed by atoms with Crippen molar-refractivity contribution in [2.75, 3.05) is 27.2 Å². The van der Waals surface area contributed by atoms with E-state index in [0.29, 0.717) is 12.1 Å². The molecule has 0 spiro atoms. The molecule has 1 amide bonds. The van der Waals surface area contributed by atoms with E-state index in [1.165, 1.54) is 0 Å². The summed E-state index contributed by atoms with van der Waals surface area (Å²) < 4.78 is 0. The van der Waals surface area contributed by atoms with Gasteiger partial charge < -0.3 is 10.2 Å². The minimum atomic E-state index is -0.0631. The van der Waals surface area contributed by atoms with Gasteiger partial charge in [0.2, 0.25) is 5.91 Å². The smallest absolute Gasteiger partial charge is 0.246 e. The van der Waals surface area contributed by atoms with Crippen LogP contribution in [0.15, 0.2) is 12.2 Å². The van der Waals surface area contributed by atoms with Gasteiger partial charge in [0.15, 0.2) is 0 Å². The lowest BCUT2D eigenvalue weighted by Crippen LogP contribution is -2.31. The van der Waals surface area contributed by atoms with Crippen LogP contribution in [0.5, 0.6) is 0 Å². The number of hydrogen-bond acceptors (Lipinski definition) is 2. The fourth-order valence-electron chi connectivity index (χ4n) is 0.544. The van der Waals surface area contributed by atoms with Crippen molar-refractivity contribution in [2.24, 2.45) is 0 Å². The van der Waals surface area contributed by atoms with Gasteiger partial charge in [0, 0.05) is 18.7 Å². The average molecular weight is 156 g/mol. The van der Waals surface area contributed by atoms with E-state index in [1.807, 2.05) is 19.0 Å². The third-order valence-electron chi connectivity index (χ3n) is 1.23. The molecule has 0 bridgehead atoms. The van der Waals surface area contributed by atoms with Crippen LogP contribution in [0.4, 0.5) is 0 Å². The lowest BCUT2D eigenvalue weighted by molar-refractivity contribution is -0.117. The number of hydrogen-bond donors (Lipinski definition) is 1. The molecule has 0 atom stereocenters. The maximum absolute atomic E-state index is 10.9. The molecule has 0 saturated heterocycles. The lowest BCUT2D eigenvalue weighted by atomic mass is 10.3. The Morgan fingerprint density at radius 1 is 1.55 bits per heavy atom. The second kappa shape index (κ2) is 4.91. The molecule has 3 nitrogen and oxygen atoms in total. The van der Waals surface area contributed by atoms with E-state index in [0.717, 1.165) is 6.54 Å². The summed E-state index contributed by atoms with van der Waals surface area (Å²) in [6, 6.07) is 0. The van der Waals surface area contributed by atoms with Gasteiger partial charge in [-0.15, -0.1) is 0 Å². The number of rotatable bonds is 4. The Hall–Kier alpha value is -0.830. The second-order valence-corrected chi connectivity index (χ2v) is 2.84. The lowest BCUT2D eigenvalue weighted by Gasteiger charge is -2.09. The van der Waals surface area contributed by atoms with E-state index >= 15 is 0 Å². The van der Waals surface area contributed by atoms with Crippen LogP contribution in [-0.4, -0.2) is 38.0 Å². The van der Waals surface area contributed by atoms with Crippen molar-refractivity contribution in [3.63, 3.8) is 0 Å². The molecule has 0 aliphatic heterocycles. The van der Waals surface area contributed by atoms with Crippen molar-refractivity contribution in [3.8, 4) is 0 Å². The van der Waals surface area contributed by atoms with Crippen LogP contribution in [0, 0.1) is 0 Å². The van der Waals surface area contributed by atoms with Crippen molar-refractivity contribution >= 4 is 5.91 Å². The standard InChI is InChI=1S/C8H16N2O/c1-7(2)8(11)9-5-6-10(3)4/h1,5-6H2,2-4H3,(H,9,11). The van der Waals surface area contributed by atoms with Gasteiger partial charge in [-0.25, -0.2) is 0 Å². The van der Waals surface area contributed by atoms with Crippen molar-refractivity contribution < 1.29 is 4.79 Å². The van der Waals surface area contributed by atoms with E-state index in [4.69, 9.17) is 0 Å². The maximum atomic E-state index is 10.9. The number of likely N-dealkylation sites (N-methyl/N-ethyl adjacent to an activating group) is 1. The van der Waals surface area contributed by atoms with Crippen molar-refractivity contribution in [1.82, 2.24) is 10.2 Å².